The minimum absolute atomic E-state index is 0.0628. The van der Waals surface area contributed by atoms with Gasteiger partial charge in [-0.25, -0.2) is 8.42 Å². The van der Waals surface area contributed by atoms with Crippen LogP contribution >= 0.6 is 0 Å². The highest BCUT2D eigenvalue weighted by Crippen LogP contribution is 2.47. The van der Waals surface area contributed by atoms with E-state index in [-0.39, 0.29) is 12.1 Å². The van der Waals surface area contributed by atoms with E-state index in [0.717, 1.165) is 18.0 Å². The Balaban J connectivity index is 2.12. The minimum atomic E-state index is -3.11. The first kappa shape index (κ1) is 15.7. The summed E-state index contributed by atoms with van der Waals surface area (Å²) in [4.78, 5) is 0. The van der Waals surface area contributed by atoms with Crippen molar-refractivity contribution in [1.29, 1.82) is 0 Å². The first-order valence-electron chi connectivity index (χ1n) is 7.32. The quantitative estimate of drug-likeness (QED) is 0.596. The van der Waals surface area contributed by atoms with Crippen molar-refractivity contribution in [2.24, 2.45) is 0 Å². The molecule has 2 rings (SSSR count). The van der Waals surface area contributed by atoms with Gasteiger partial charge < -0.3 is 0 Å². The molecule has 1 aliphatic rings. The predicted octanol–water partition coefficient (Wildman–Crippen LogP) is 3.49. The number of hydrogen-bond acceptors (Lipinski definition) is 2. The predicted molar refractivity (Wildman–Crippen MR) is 87.0 cm³/mol. The van der Waals surface area contributed by atoms with E-state index in [0.29, 0.717) is 5.75 Å². The average molecular weight is 312 g/mol. The van der Waals surface area contributed by atoms with Gasteiger partial charge in [0.1, 0.15) is 0 Å². The highest BCUT2D eigenvalue weighted by molar-refractivity contribution is 7.89. The van der Waals surface area contributed by atoms with E-state index >= 15 is 0 Å². The molecule has 1 aliphatic heterocycles. The maximum Gasteiger partial charge on any atom is 0.214 e. The van der Waals surface area contributed by atoms with Gasteiger partial charge in [-0.2, -0.15) is 4.31 Å². The zero-order chi connectivity index (χ0) is 15.0. The lowest BCUT2D eigenvalue weighted by Gasteiger charge is -2.16. The maximum absolute atomic E-state index is 12.5. The topological polar surface area (TPSA) is 37.1 Å². The molecule has 1 saturated heterocycles. The van der Waals surface area contributed by atoms with Crippen LogP contribution in [0.25, 0.3) is 0 Å². The molecule has 5 heteroatoms. The van der Waals surface area contributed by atoms with Crippen molar-refractivity contribution in [3.8, 4) is 0 Å². The zero-order valence-electron chi connectivity index (χ0n) is 12.8. The molecule has 112 valence electrons. The fourth-order valence-corrected chi connectivity index (χ4v) is 7.52. The largest absolute Gasteiger partial charge is 0.214 e. The fourth-order valence-electron chi connectivity index (χ4n) is 2.60. The van der Waals surface area contributed by atoms with Crippen molar-refractivity contribution >= 4 is 18.1 Å². The van der Waals surface area contributed by atoms with Gasteiger partial charge >= 0.3 is 0 Å². The van der Waals surface area contributed by atoms with Gasteiger partial charge in [-0.3, -0.25) is 0 Å². The fraction of sp³-hybridized carbons (Fsp3) is 0.600. The standard InChI is InChI=1S/C15H25NO2SSi/c1-5-14-15(13-9-7-6-8-10-13)16(14)19(17,18)11-12-20(2,3)4/h6-10,14-15H,5,11-12H2,1-4H3/t14-,15+,16?/m0/s1. The normalized spacial score (nSPS) is 26.5. The Morgan fingerprint density at radius 2 is 1.75 bits per heavy atom. The molecule has 1 unspecified atom stereocenters. The lowest BCUT2D eigenvalue weighted by Crippen LogP contribution is -2.27. The Kier molecular flexibility index (Phi) is 4.42. The van der Waals surface area contributed by atoms with Crippen LogP contribution in [0, 0.1) is 0 Å². The first-order chi connectivity index (χ1) is 9.26. The summed E-state index contributed by atoms with van der Waals surface area (Å²) in [6, 6.07) is 11.0. The molecule has 1 aromatic rings. The monoisotopic (exact) mass is 311 g/mol. The van der Waals surface area contributed by atoms with E-state index in [1.54, 1.807) is 4.31 Å². The van der Waals surface area contributed by atoms with Crippen LogP contribution in [0.2, 0.25) is 25.7 Å². The smallest absolute Gasteiger partial charge is 0.212 e. The second-order valence-corrected chi connectivity index (χ2v) is 14.4. The van der Waals surface area contributed by atoms with Crippen LogP contribution in [0.3, 0.4) is 0 Å². The molecule has 0 N–H and O–H groups in total. The molecule has 1 fully saturated rings. The van der Waals surface area contributed by atoms with Crippen LogP contribution in [0.4, 0.5) is 0 Å². The Morgan fingerprint density at radius 1 is 1.15 bits per heavy atom. The number of nitrogens with zero attached hydrogens (tertiary/aromatic N) is 1. The van der Waals surface area contributed by atoms with Crippen molar-refractivity contribution in [3.63, 3.8) is 0 Å². The SMILES string of the molecule is CC[C@H]1[C@@H](c2ccccc2)N1S(=O)(=O)CC[Si](C)(C)C. The minimum Gasteiger partial charge on any atom is -0.212 e. The lowest BCUT2D eigenvalue weighted by atomic mass is 10.1. The van der Waals surface area contributed by atoms with Crippen molar-refractivity contribution in [2.45, 2.75) is 51.1 Å². The summed E-state index contributed by atoms with van der Waals surface area (Å²) in [6.07, 6.45) is 0.881. The van der Waals surface area contributed by atoms with Gasteiger partial charge in [0.05, 0.1) is 11.8 Å². The molecule has 1 heterocycles. The van der Waals surface area contributed by atoms with Gasteiger partial charge in [0.2, 0.25) is 10.0 Å². The highest BCUT2D eigenvalue weighted by Gasteiger charge is 2.54. The van der Waals surface area contributed by atoms with Crippen LogP contribution in [0.15, 0.2) is 30.3 Å². The van der Waals surface area contributed by atoms with E-state index in [2.05, 4.69) is 26.6 Å². The number of sulfonamides is 1. The number of hydrogen-bond donors (Lipinski definition) is 0. The second-order valence-electron chi connectivity index (χ2n) is 6.79. The second kappa shape index (κ2) is 5.62. The van der Waals surface area contributed by atoms with E-state index in [1.165, 1.54) is 0 Å². The Morgan fingerprint density at radius 3 is 2.25 bits per heavy atom. The van der Waals surface area contributed by atoms with Crippen molar-refractivity contribution < 1.29 is 8.42 Å². The van der Waals surface area contributed by atoms with Crippen LogP contribution in [0.1, 0.15) is 24.9 Å². The molecule has 0 aliphatic carbocycles. The molecule has 0 aromatic heterocycles. The Labute approximate surface area is 124 Å². The molecule has 0 saturated carbocycles. The lowest BCUT2D eigenvalue weighted by molar-refractivity contribution is 0.545. The molecule has 3 atom stereocenters. The summed E-state index contributed by atoms with van der Waals surface area (Å²) in [6.45, 7) is 8.72. The molecule has 0 radical (unpaired) electrons. The van der Waals surface area contributed by atoms with Gasteiger partial charge in [0.15, 0.2) is 0 Å². The van der Waals surface area contributed by atoms with Gasteiger partial charge in [0.25, 0.3) is 0 Å². The Bertz CT molecular complexity index is 551. The van der Waals surface area contributed by atoms with Crippen LogP contribution in [-0.2, 0) is 10.0 Å². The van der Waals surface area contributed by atoms with Crippen molar-refractivity contribution in [2.75, 3.05) is 5.75 Å². The molecular weight excluding hydrogens is 286 g/mol. The molecule has 3 nitrogen and oxygen atoms in total. The molecular formula is C15H25NO2SSi. The third-order valence-electron chi connectivity index (χ3n) is 3.87. The molecule has 1 aromatic carbocycles. The maximum atomic E-state index is 12.5. The summed E-state index contributed by atoms with van der Waals surface area (Å²) in [7, 11) is -4.44. The van der Waals surface area contributed by atoms with Crippen LogP contribution in [-0.4, -0.2) is 32.6 Å². The number of benzene rings is 1. The summed E-state index contributed by atoms with van der Waals surface area (Å²) in [5, 5.41) is 0. The summed E-state index contributed by atoms with van der Waals surface area (Å²) in [5.74, 6) is 0.308. The Hall–Kier alpha value is -0.653. The highest BCUT2D eigenvalue weighted by atomic mass is 32.2. The number of rotatable bonds is 6. The van der Waals surface area contributed by atoms with Gasteiger partial charge in [-0.1, -0.05) is 56.9 Å². The zero-order valence-corrected chi connectivity index (χ0v) is 14.7. The third-order valence-corrected chi connectivity index (χ3v) is 7.84. The summed E-state index contributed by atoms with van der Waals surface area (Å²) < 4.78 is 26.8. The summed E-state index contributed by atoms with van der Waals surface area (Å²) in [5.41, 5.74) is 1.12. The van der Waals surface area contributed by atoms with Crippen molar-refractivity contribution in [3.05, 3.63) is 35.9 Å². The first-order valence-corrected chi connectivity index (χ1v) is 12.6. The third kappa shape index (κ3) is 3.51. The van der Waals surface area contributed by atoms with Gasteiger partial charge in [0, 0.05) is 14.1 Å². The molecule has 0 bridgehead atoms. The van der Waals surface area contributed by atoms with Crippen LogP contribution < -0.4 is 0 Å². The molecule has 0 amide bonds. The molecule has 0 spiro atoms. The molecule has 20 heavy (non-hydrogen) atoms. The van der Waals surface area contributed by atoms with Gasteiger partial charge in [-0.15, -0.1) is 0 Å². The van der Waals surface area contributed by atoms with Gasteiger partial charge in [-0.05, 0) is 18.0 Å². The van der Waals surface area contributed by atoms with E-state index in [4.69, 9.17) is 0 Å². The van der Waals surface area contributed by atoms with Crippen LogP contribution in [0.5, 0.6) is 0 Å². The van der Waals surface area contributed by atoms with E-state index in [1.807, 2.05) is 30.3 Å². The summed E-state index contributed by atoms with van der Waals surface area (Å²) >= 11 is 0. The van der Waals surface area contributed by atoms with E-state index in [9.17, 15) is 8.42 Å². The van der Waals surface area contributed by atoms with Crippen molar-refractivity contribution in [1.82, 2.24) is 4.31 Å². The average Bonchev–Trinajstić information content (AvgIpc) is 3.12. The van der Waals surface area contributed by atoms with E-state index < -0.39 is 18.1 Å².